The van der Waals surface area contributed by atoms with Crippen molar-refractivity contribution < 1.29 is 18.0 Å². The molecule has 0 amide bonds. The highest BCUT2D eigenvalue weighted by molar-refractivity contribution is 5.75. The second-order valence-corrected chi connectivity index (χ2v) is 3.40. The lowest BCUT2D eigenvalue weighted by atomic mass is 10.1. The van der Waals surface area contributed by atoms with E-state index in [1.165, 1.54) is 19.1 Å². The number of aryl methyl sites for hydroxylation is 1. The Bertz CT molecular complexity index is 339. The van der Waals surface area contributed by atoms with Crippen molar-refractivity contribution in [2.24, 2.45) is 0 Å². The molecule has 0 spiro atoms. The van der Waals surface area contributed by atoms with Gasteiger partial charge < -0.3 is 4.79 Å². The van der Waals surface area contributed by atoms with Crippen molar-refractivity contribution in [3.63, 3.8) is 0 Å². The first kappa shape index (κ1) is 20.0. The molecule has 0 aliphatic carbocycles. The third-order valence-electron chi connectivity index (χ3n) is 2.05. The van der Waals surface area contributed by atoms with E-state index in [1.807, 2.05) is 27.7 Å². The molecule has 0 unspecified atom stereocenters. The SMILES string of the molecule is CC.CC.CC(=O)CCc1ccc(C(F)(F)F)cc1. The molecule has 0 N–H and O–H groups in total. The van der Waals surface area contributed by atoms with Gasteiger partial charge in [0, 0.05) is 6.42 Å². The number of carbonyl (C=O) groups is 1. The molecular weight excluding hydrogens is 253 g/mol. The summed E-state index contributed by atoms with van der Waals surface area (Å²) in [6.07, 6.45) is -3.43. The van der Waals surface area contributed by atoms with Gasteiger partial charge in [0.05, 0.1) is 5.56 Å². The molecule has 0 heterocycles. The van der Waals surface area contributed by atoms with Crippen LogP contribution in [0.25, 0.3) is 0 Å². The van der Waals surface area contributed by atoms with Crippen LogP contribution in [-0.4, -0.2) is 5.78 Å². The van der Waals surface area contributed by atoms with Gasteiger partial charge in [0.25, 0.3) is 0 Å². The Morgan fingerprint density at radius 1 is 1.00 bits per heavy atom. The van der Waals surface area contributed by atoms with Crippen molar-refractivity contribution in [3.8, 4) is 0 Å². The average Bonchev–Trinajstić information content (AvgIpc) is 2.40. The molecule has 19 heavy (non-hydrogen) atoms. The Balaban J connectivity index is 0. The summed E-state index contributed by atoms with van der Waals surface area (Å²) in [5, 5.41) is 0. The maximum atomic E-state index is 12.2. The van der Waals surface area contributed by atoms with Crippen LogP contribution in [-0.2, 0) is 17.4 Å². The number of ketones is 1. The summed E-state index contributed by atoms with van der Waals surface area (Å²) >= 11 is 0. The van der Waals surface area contributed by atoms with Crippen molar-refractivity contribution in [3.05, 3.63) is 35.4 Å². The summed E-state index contributed by atoms with van der Waals surface area (Å²) < 4.78 is 36.5. The van der Waals surface area contributed by atoms with E-state index in [-0.39, 0.29) is 5.78 Å². The number of hydrogen-bond donors (Lipinski definition) is 0. The van der Waals surface area contributed by atoms with E-state index in [1.54, 1.807) is 0 Å². The van der Waals surface area contributed by atoms with Crippen LogP contribution in [0.2, 0.25) is 0 Å². The van der Waals surface area contributed by atoms with Gasteiger partial charge >= 0.3 is 6.18 Å². The minimum Gasteiger partial charge on any atom is -0.300 e. The van der Waals surface area contributed by atoms with E-state index in [9.17, 15) is 18.0 Å². The number of alkyl halides is 3. The van der Waals surface area contributed by atoms with Crippen molar-refractivity contribution in [1.82, 2.24) is 0 Å². The lowest BCUT2D eigenvalue weighted by Gasteiger charge is -2.06. The molecule has 1 rings (SSSR count). The molecule has 0 aliphatic rings. The molecule has 0 radical (unpaired) electrons. The minimum absolute atomic E-state index is 0.0369. The molecule has 0 aromatic heterocycles. The summed E-state index contributed by atoms with van der Waals surface area (Å²) in [6.45, 7) is 9.46. The van der Waals surface area contributed by atoms with E-state index in [0.717, 1.165) is 17.7 Å². The maximum absolute atomic E-state index is 12.2. The summed E-state index contributed by atoms with van der Waals surface area (Å²) in [7, 11) is 0. The maximum Gasteiger partial charge on any atom is 0.416 e. The van der Waals surface area contributed by atoms with Gasteiger partial charge in [0.2, 0.25) is 0 Å². The predicted molar refractivity (Wildman–Crippen MR) is 73.1 cm³/mol. The molecule has 1 aromatic rings. The first-order chi connectivity index (χ1) is 8.89. The van der Waals surface area contributed by atoms with Gasteiger partial charge in [-0.2, -0.15) is 13.2 Å². The fourth-order valence-electron chi connectivity index (χ4n) is 1.18. The zero-order chi connectivity index (χ0) is 15.5. The highest BCUT2D eigenvalue weighted by Gasteiger charge is 2.29. The second-order valence-electron chi connectivity index (χ2n) is 3.40. The fraction of sp³-hybridized carbons (Fsp3) is 0.533. The minimum atomic E-state index is -4.29. The standard InChI is InChI=1S/C11H11F3O.2C2H6/c1-8(15)2-3-9-4-6-10(7-5-9)11(12,13)14;2*1-2/h4-7H,2-3H2,1H3;2*1-2H3. The first-order valence-corrected chi connectivity index (χ1v) is 6.55. The van der Waals surface area contributed by atoms with Crippen LogP contribution in [0.4, 0.5) is 13.2 Å². The molecule has 0 bridgehead atoms. The molecule has 0 atom stereocenters. The Hall–Kier alpha value is -1.32. The van der Waals surface area contributed by atoms with Crippen LogP contribution < -0.4 is 0 Å². The van der Waals surface area contributed by atoms with Crippen LogP contribution in [0.5, 0.6) is 0 Å². The number of rotatable bonds is 3. The topological polar surface area (TPSA) is 17.1 Å². The zero-order valence-electron chi connectivity index (χ0n) is 12.3. The van der Waals surface area contributed by atoms with Crippen LogP contribution in [0.1, 0.15) is 52.2 Å². The quantitative estimate of drug-likeness (QED) is 0.734. The summed E-state index contributed by atoms with van der Waals surface area (Å²) in [5.41, 5.74) is 0.0901. The van der Waals surface area contributed by atoms with Gasteiger partial charge in [-0.05, 0) is 31.0 Å². The van der Waals surface area contributed by atoms with Gasteiger partial charge in [0.15, 0.2) is 0 Å². The van der Waals surface area contributed by atoms with Crippen LogP contribution in [0.15, 0.2) is 24.3 Å². The van der Waals surface area contributed by atoms with Crippen LogP contribution in [0, 0.1) is 0 Å². The number of hydrogen-bond acceptors (Lipinski definition) is 1. The molecule has 1 aromatic carbocycles. The van der Waals surface area contributed by atoms with E-state index in [4.69, 9.17) is 0 Å². The van der Waals surface area contributed by atoms with Crippen molar-refractivity contribution in [2.45, 2.75) is 53.6 Å². The number of Topliss-reactive ketones (excluding diaryl/α,β-unsaturated/α-hetero) is 1. The molecular formula is C15H23F3O. The van der Waals surface area contributed by atoms with Gasteiger partial charge in [-0.25, -0.2) is 0 Å². The largest absolute Gasteiger partial charge is 0.416 e. The zero-order valence-corrected chi connectivity index (χ0v) is 12.3. The smallest absolute Gasteiger partial charge is 0.300 e. The van der Waals surface area contributed by atoms with Crippen LogP contribution in [0.3, 0.4) is 0 Å². The van der Waals surface area contributed by atoms with Crippen molar-refractivity contribution in [1.29, 1.82) is 0 Å². The third kappa shape index (κ3) is 9.28. The monoisotopic (exact) mass is 276 g/mol. The first-order valence-electron chi connectivity index (χ1n) is 6.55. The Morgan fingerprint density at radius 2 is 1.42 bits per heavy atom. The lowest BCUT2D eigenvalue weighted by Crippen LogP contribution is -2.04. The highest BCUT2D eigenvalue weighted by atomic mass is 19.4. The molecule has 0 saturated carbocycles. The highest BCUT2D eigenvalue weighted by Crippen LogP contribution is 2.29. The van der Waals surface area contributed by atoms with Gasteiger partial charge in [-0.15, -0.1) is 0 Å². The normalized spacial score (nSPS) is 9.68. The lowest BCUT2D eigenvalue weighted by molar-refractivity contribution is -0.137. The molecule has 0 saturated heterocycles. The summed E-state index contributed by atoms with van der Waals surface area (Å²) in [5.74, 6) is 0.0369. The van der Waals surface area contributed by atoms with E-state index in [0.29, 0.717) is 12.8 Å². The Kier molecular flexibility index (Phi) is 11.1. The van der Waals surface area contributed by atoms with E-state index < -0.39 is 11.7 Å². The third-order valence-corrected chi connectivity index (χ3v) is 2.05. The Morgan fingerprint density at radius 3 is 1.74 bits per heavy atom. The molecule has 1 nitrogen and oxygen atoms in total. The summed E-state index contributed by atoms with van der Waals surface area (Å²) in [6, 6.07) is 4.89. The van der Waals surface area contributed by atoms with Crippen molar-refractivity contribution in [2.75, 3.05) is 0 Å². The van der Waals surface area contributed by atoms with E-state index >= 15 is 0 Å². The van der Waals surface area contributed by atoms with Crippen molar-refractivity contribution >= 4 is 5.78 Å². The molecule has 0 aliphatic heterocycles. The number of benzene rings is 1. The molecule has 110 valence electrons. The number of halogens is 3. The van der Waals surface area contributed by atoms with Gasteiger partial charge in [0.1, 0.15) is 5.78 Å². The van der Waals surface area contributed by atoms with Crippen LogP contribution >= 0.6 is 0 Å². The Labute approximate surface area is 113 Å². The number of carbonyl (C=O) groups excluding carboxylic acids is 1. The summed E-state index contributed by atoms with van der Waals surface area (Å²) in [4.78, 5) is 10.7. The van der Waals surface area contributed by atoms with E-state index in [2.05, 4.69) is 0 Å². The fourth-order valence-corrected chi connectivity index (χ4v) is 1.18. The molecule has 0 fully saturated rings. The molecule has 4 heteroatoms. The second kappa shape index (κ2) is 10.6. The van der Waals surface area contributed by atoms with Gasteiger partial charge in [-0.3, -0.25) is 0 Å². The predicted octanol–water partition coefficient (Wildman–Crippen LogP) is 5.28. The average molecular weight is 276 g/mol. The van der Waals surface area contributed by atoms with Gasteiger partial charge in [-0.1, -0.05) is 39.8 Å².